The van der Waals surface area contributed by atoms with Gasteiger partial charge in [-0.15, -0.1) is 0 Å². The lowest BCUT2D eigenvalue weighted by atomic mass is 10.2. The van der Waals surface area contributed by atoms with Crippen LogP contribution in [0.5, 0.6) is 11.5 Å². The third-order valence-corrected chi connectivity index (χ3v) is 3.86. The summed E-state index contributed by atoms with van der Waals surface area (Å²) < 4.78 is 16.6. The van der Waals surface area contributed by atoms with Gasteiger partial charge in [0.2, 0.25) is 0 Å². The van der Waals surface area contributed by atoms with Crippen molar-refractivity contribution in [2.45, 2.75) is 20.5 Å². The molecule has 0 radical (unpaired) electrons. The number of carbonyl (C=O) groups excluding carboxylic acids is 1. The van der Waals surface area contributed by atoms with Crippen molar-refractivity contribution in [3.63, 3.8) is 0 Å². The summed E-state index contributed by atoms with van der Waals surface area (Å²) in [6, 6.07) is 16.7. The van der Waals surface area contributed by atoms with Crippen molar-refractivity contribution in [2.75, 3.05) is 12.4 Å². The SMILES string of the molecule is COc1ccc(C)cc1NC(=O)c1ccc(COc2cccc(C)c2)o1. The van der Waals surface area contributed by atoms with Crippen LogP contribution in [0.4, 0.5) is 5.69 Å². The molecule has 0 saturated heterocycles. The zero-order valence-electron chi connectivity index (χ0n) is 15.0. The molecule has 1 N–H and O–H groups in total. The average Bonchev–Trinajstić information content (AvgIpc) is 3.09. The summed E-state index contributed by atoms with van der Waals surface area (Å²) in [6.07, 6.45) is 0. The Kier molecular flexibility index (Phi) is 5.27. The molecule has 26 heavy (non-hydrogen) atoms. The Hall–Kier alpha value is -3.21. The molecule has 0 fully saturated rings. The molecule has 0 saturated carbocycles. The van der Waals surface area contributed by atoms with Crippen LogP contribution in [0.25, 0.3) is 0 Å². The van der Waals surface area contributed by atoms with Crippen LogP contribution in [0.2, 0.25) is 0 Å². The van der Waals surface area contributed by atoms with Crippen LogP contribution in [-0.4, -0.2) is 13.0 Å². The number of hydrogen-bond donors (Lipinski definition) is 1. The fraction of sp³-hybridized carbons (Fsp3) is 0.190. The highest BCUT2D eigenvalue weighted by atomic mass is 16.5. The minimum absolute atomic E-state index is 0.219. The maximum atomic E-state index is 12.4. The molecule has 0 atom stereocenters. The Morgan fingerprint density at radius 3 is 2.62 bits per heavy atom. The quantitative estimate of drug-likeness (QED) is 0.697. The molecule has 0 aliphatic carbocycles. The molecule has 0 bridgehead atoms. The van der Waals surface area contributed by atoms with E-state index in [2.05, 4.69) is 5.32 Å². The number of benzene rings is 2. The highest BCUT2D eigenvalue weighted by Gasteiger charge is 2.14. The second kappa shape index (κ2) is 7.78. The number of anilines is 1. The fourth-order valence-electron chi connectivity index (χ4n) is 2.54. The summed E-state index contributed by atoms with van der Waals surface area (Å²) in [5.41, 5.74) is 2.74. The monoisotopic (exact) mass is 351 g/mol. The molecule has 0 spiro atoms. The molecule has 3 rings (SSSR count). The number of rotatable bonds is 6. The first kappa shape index (κ1) is 17.6. The van der Waals surface area contributed by atoms with E-state index in [9.17, 15) is 4.79 Å². The van der Waals surface area contributed by atoms with Gasteiger partial charge in [-0.3, -0.25) is 4.79 Å². The Morgan fingerprint density at radius 2 is 1.85 bits per heavy atom. The molecular weight excluding hydrogens is 330 g/mol. The number of furan rings is 1. The topological polar surface area (TPSA) is 60.7 Å². The van der Waals surface area contributed by atoms with Crippen LogP contribution >= 0.6 is 0 Å². The molecule has 1 aromatic heterocycles. The highest BCUT2D eigenvalue weighted by Crippen LogP contribution is 2.26. The number of amides is 1. The lowest BCUT2D eigenvalue weighted by Gasteiger charge is -2.10. The summed E-state index contributed by atoms with van der Waals surface area (Å²) >= 11 is 0. The van der Waals surface area contributed by atoms with Crippen LogP contribution in [-0.2, 0) is 6.61 Å². The van der Waals surface area contributed by atoms with Crippen molar-refractivity contribution >= 4 is 11.6 Å². The van der Waals surface area contributed by atoms with E-state index in [-0.39, 0.29) is 18.3 Å². The lowest BCUT2D eigenvalue weighted by Crippen LogP contribution is -2.12. The standard InChI is InChI=1S/C21H21NO4/c1-14-5-4-6-16(11-14)25-13-17-8-10-20(26-17)21(23)22-18-12-15(2)7-9-19(18)24-3/h4-12H,13H2,1-3H3,(H,22,23). The lowest BCUT2D eigenvalue weighted by molar-refractivity contribution is 0.0992. The molecule has 1 heterocycles. The maximum Gasteiger partial charge on any atom is 0.291 e. The molecule has 5 heteroatoms. The Morgan fingerprint density at radius 1 is 1.04 bits per heavy atom. The van der Waals surface area contributed by atoms with E-state index in [1.54, 1.807) is 19.2 Å². The van der Waals surface area contributed by atoms with Gasteiger partial charge in [-0.25, -0.2) is 0 Å². The van der Waals surface area contributed by atoms with Crippen LogP contribution in [0.3, 0.4) is 0 Å². The van der Waals surface area contributed by atoms with Crippen LogP contribution in [0.1, 0.15) is 27.4 Å². The molecule has 0 aliphatic heterocycles. The summed E-state index contributed by atoms with van der Waals surface area (Å²) in [4.78, 5) is 12.4. The molecule has 1 amide bonds. The van der Waals surface area contributed by atoms with Gasteiger partial charge < -0.3 is 19.2 Å². The number of hydrogen-bond acceptors (Lipinski definition) is 4. The molecular formula is C21H21NO4. The van der Waals surface area contributed by atoms with Crippen molar-refractivity contribution in [1.82, 2.24) is 0 Å². The summed E-state index contributed by atoms with van der Waals surface area (Å²) in [5.74, 6) is 1.82. The van der Waals surface area contributed by atoms with Gasteiger partial charge >= 0.3 is 0 Å². The van der Waals surface area contributed by atoms with Crippen molar-refractivity contribution in [1.29, 1.82) is 0 Å². The van der Waals surface area contributed by atoms with E-state index in [4.69, 9.17) is 13.9 Å². The van der Waals surface area contributed by atoms with E-state index in [0.717, 1.165) is 16.9 Å². The normalized spacial score (nSPS) is 10.4. The largest absolute Gasteiger partial charge is 0.495 e. The van der Waals surface area contributed by atoms with Gasteiger partial charge in [0.05, 0.1) is 12.8 Å². The first-order valence-electron chi connectivity index (χ1n) is 8.29. The van der Waals surface area contributed by atoms with E-state index in [1.165, 1.54) is 0 Å². The predicted octanol–water partition coefficient (Wildman–Crippen LogP) is 4.74. The molecule has 0 aliphatic rings. The zero-order valence-corrected chi connectivity index (χ0v) is 15.0. The number of ether oxygens (including phenoxy) is 2. The summed E-state index contributed by atoms with van der Waals surface area (Å²) in [6.45, 7) is 4.20. The second-order valence-electron chi connectivity index (χ2n) is 6.03. The smallest absolute Gasteiger partial charge is 0.291 e. The van der Waals surface area contributed by atoms with Gasteiger partial charge in [0.25, 0.3) is 5.91 Å². The van der Waals surface area contributed by atoms with Gasteiger partial charge in [0, 0.05) is 0 Å². The molecule has 134 valence electrons. The predicted molar refractivity (Wildman–Crippen MR) is 99.9 cm³/mol. The van der Waals surface area contributed by atoms with Crippen molar-refractivity contribution in [2.24, 2.45) is 0 Å². The minimum Gasteiger partial charge on any atom is -0.495 e. The zero-order chi connectivity index (χ0) is 18.5. The molecule has 2 aromatic carbocycles. The van der Waals surface area contributed by atoms with Crippen molar-refractivity contribution < 1.29 is 18.7 Å². The summed E-state index contributed by atoms with van der Waals surface area (Å²) in [7, 11) is 1.56. The number of methoxy groups -OCH3 is 1. The third-order valence-electron chi connectivity index (χ3n) is 3.86. The van der Waals surface area contributed by atoms with Gasteiger partial charge in [-0.05, 0) is 61.4 Å². The molecule has 3 aromatic rings. The highest BCUT2D eigenvalue weighted by molar-refractivity contribution is 6.03. The molecule has 5 nitrogen and oxygen atoms in total. The van der Waals surface area contributed by atoms with E-state index in [0.29, 0.717) is 17.2 Å². The maximum absolute atomic E-state index is 12.4. The van der Waals surface area contributed by atoms with Crippen molar-refractivity contribution in [3.05, 3.63) is 77.2 Å². The van der Waals surface area contributed by atoms with Gasteiger partial charge in [-0.2, -0.15) is 0 Å². The van der Waals surface area contributed by atoms with Gasteiger partial charge in [0.15, 0.2) is 5.76 Å². The van der Waals surface area contributed by atoms with Crippen LogP contribution in [0, 0.1) is 13.8 Å². The van der Waals surface area contributed by atoms with E-state index >= 15 is 0 Å². The number of nitrogens with one attached hydrogen (secondary N) is 1. The summed E-state index contributed by atoms with van der Waals surface area (Å²) in [5, 5.41) is 2.81. The Balaban J connectivity index is 1.65. The van der Waals surface area contributed by atoms with Crippen LogP contribution < -0.4 is 14.8 Å². The van der Waals surface area contributed by atoms with Crippen molar-refractivity contribution in [3.8, 4) is 11.5 Å². The number of carbonyl (C=O) groups is 1. The first-order chi connectivity index (χ1) is 12.5. The first-order valence-corrected chi connectivity index (χ1v) is 8.29. The van der Waals surface area contributed by atoms with E-state index < -0.39 is 0 Å². The van der Waals surface area contributed by atoms with Gasteiger partial charge in [-0.1, -0.05) is 18.2 Å². The molecule has 0 unspecified atom stereocenters. The third kappa shape index (κ3) is 4.25. The second-order valence-corrected chi connectivity index (χ2v) is 6.03. The van der Waals surface area contributed by atoms with E-state index in [1.807, 2.05) is 56.3 Å². The average molecular weight is 351 g/mol. The van der Waals surface area contributed by atoms with Gasteiger partial charge in [0.1, 0.15) is 23.9 Å². The Labute approximate surface area is 152 Å². The number of aryl methyl sites for hydroxylation is 2. The Bertz CT molecular complexity index is 914. The minimum atomic E-state index is -0.337. The fourth-order valence-corrected chi connectivity index (χ4v) is 2.54. The van der Waals surface area contributed by atoms with Crippen LogP contribution in [0.15, 0.2) is 59.0 Å².